The number of alkyl halides is 7. The Kier molecular flexibility index (Phi) is 7.83. The normalized spacial score (nSPS) is 14.8. The van der Waals surface area contributed by atoms with Gasteiger partial charge in [0.2, 0.25) is 0 Å². The fourth-order valence-corrected chi connectivity index (χ4v) is 2.32. The van der Waals surface area contributed by atoms with Crippen LogP contribution in [0.4, 0.5) is 30.7 Å². The number of hydrogen-bond acceptors (Lipinski definition) is 0. The van der Waals surface area contributed by atoms with E-state index in [2.05, 4.69) is 0 Å². The third kappa shape index (κ3) is 5.77. The van der Waals surface area contributed by atoms with Gasteiger partial charge in [-0.05, 0) is 45.1 Å². The predicted octanol–water partition coefficient (Wildman–Crippen LogP) is 6.50. The summed E-state index contributed by atoms with van der Waals surface area (Å²) in [6, 6.07) is 0. The highest BCUT2D eigenvalue weighted by Gasteiger charge is 2.71. The summed E-state index contributed by atoms with van der Waals surface area (Å²) in [7, 11) is 0. The summed E-state index contributed by atoms with van der Waals surface area (Å²) < 4.78 is 86.9. The SMILES string of the molecule is CCCCCCCC(I)=CC(F)(C(F)(F)F)C(F)(F)F. The molecule has 0 N–H and O–H groups in total. The van der Waals surface area contributed by atoms with E-state index >= 15 is 0 Å². The van der Waals surface area contributed by atoms with E-state index < -0.39 is 18.0 Å². The maximum atomic E-state index is 13.4. The average molecular weight is 420 g/mol. The third-order valence-corrected chi connectivity index (χ3v) is 3.55. The maximum Gasteiger partial charge on any atom is 0.435 e. The molecule has 0 heterocycles. The number of allylic oxidation sites excluding steroid dienone is 2. The van der Waals surface area contributed by atoms with Crippen LogP contribution >= 0.6 is 22.6 Å². The van der Waals surface area contributed by atoms with Crippen LogP contribution in [0.15, 0.2) is 9.66 Å². The number of unbranched alkanes of at least 4 members (excludes halogenated alkanes) is 4. The van der Waals surface area contributed by atoms with Crippen LogP contribution in [0, 0.1) is 0 Å². The Morgan fingerprint density at radius 3 is 1.70 bits per heavy atom. The molecule has 0 radical (unpaired) electrons. The molecule has 0 saturated heterocycles. The van der Waals surface area contributed by atoms with Crippen molar-refractivity contribution >= 4 is 22.6 Å². The van der Waals surface area contributed by atoms with Crippen molar-refractivity contribution in [2.75, 3.05) is 0 Å². The maximum absolute atomic E-state index is 13.4. The zero-order valence-electron chi connectivity index (χ0n) is 10.8. The minimum atomic E-state index is -6.01. The molecule has 0 unspecified atom stereocenters. The Morgan fingerprint density at radius 2 is 1.30 bits per heavy atom. The van der Waals surface area contributed by atoms with Gasteiger partial charge in [-0.1, -0.05) is 32.6 Å². The van der Waals surface area contributed by atoms with E-state index in [4.69, 9.17) is 0 Å². The number of halogens is 8. The minimum Gasteiger partial charge on any atom is -0.219 e. The van der Waals surface area contributed by atoms with Gasteiger partial charge in [0.25, 0.3) is 0 Å². The van der Waals surface area contributed by atoms with Gasteiger partial charge in [0.1, 0.15) is 0 Å². The van der Waals surface area contributed by atoms with Gasteiger partial charge in [0, 0.05) is 0 Å². The van der Waals surface area contributed by atoms with Crippen molar-refractivity contribution in [3.05, 3.63) is 9.66 Å². The van der Waals surface area contributed by atoms with Crippen LogP contribution in [-0.2, 0) is 0 Å². The van der Waals surface area contributed by atoms with Gasteiger partial charge in [-0.15, -0.1) is 0 Å². The summed E-state index contributed by atoms with van der Waals surface area (Å²) in [6.07, 6.45) is -8.42. The van der Waals surface area contributed by atoms with E-state index in [1.54, 1.807) is 0 Å². The van der Waals surface area contributed by atoms with Crippen molar-refractivity contribution in [3.8, 4) is 0 Å². The zero-order valence-corrected chi connectivity index (χ0v) is 13.0. The van der Waals surface area contributed by atoms with E-state index in [1.807, 2.05) is 6.92 Å². The zero-order chi connectivity index (χ0) is 16.0. The summed E-state index contributed by atoms with van der Waals surface area (Å²) >= 11 is 1.33. The van der Waals surface area contributed by atoms with Gasteiger partial charge in [-0.3, -0.25) is 0 Å². The molecule has 0 aliphatic rings. The van der Waals surface area contributed by atoms with Gasteiger partial charge >= 0.3 is 18.0 Å². The molecule has 20 heavy (non-hydrogen) atoms. The summed E-state index contributed by atoms with van der Waals surface area (Å²) in [5, 5.41) is 0. The molecule has 0 aromatic carbocycles. The van der Waals surface area contributed by atoms with Crippen LogP contribution in [0.2, 0.25) is 0 Å². The Labute approximate surface area is 126 Å². The van der Waals surface area contributed by atoms with Crippen LogP contribution < -0.4 is 0 Å². The molecule has 0 aliphatic carbocycles. The second-order valence-corrected chi connectivity index (χ2v) is 5.85. The lowest BCUT2D eigenvalue weighted by atomic mass is 10.0. The Hall–Kier alpha value is -0.0200. The van der Waals surface area contributed by atoms with Gasteiger partial charge in [-0.2, -0.15) is 26.3 Å². The van der Waals surface area contributed by atoms with E-state index in [-0.39, 0.29) is 16.1 Å². The molecule has 0 aromatic heterocycles. The van der Waals surface area contributed by atoms with Crippen LogP contribution in [0.5, 0.6) is 0 Å². The first-order valence-corrected chi connectivity index (χ1v) is 7.23. The largest absolute Gasteiger partial charge is 0.435 e. The van der Waals surface area contributed by atoms with Crippen LogP contribution in [-0.4, -0.2) is 18.0 Å². The molecule has 0 spiro atoms. The lowest BCUT2D eigenvalue weighted by Crippen LogP contribution is -2.51. The standard InChI is InChI=1S/C12H16F7I/c1-2-3-4-5-6-7-9(20)8-10(13,11(14,15)16)12(17,18)19/h8H,2-7H2,1H3. The highest BCUT2D eigenvalue weighted by atomic mass is 127. The number of rotatable bonds is 7. The van der Waals surface area contributed by atoms with E-state index in [1.165, 1.54) is 22.6 Å². The third-order valence-electron chi connectivity index (χ3n) is 2.70. The van der Waals surface area contributed by atoms with Gasteiger partial charge in [0.05, 0.1) is 0 Å². The van der Waals surface area contributed by atoms with Gasteiger partial charge in [0.15, 0.2) is 0 Å². The van der Waals surface area contributed by atoms with Crippen molar-refractivity contribution in [1.82, 2.24) is 0 Å². The van der Waals surface area contributed by atoms with E-state index in [0.717, 1.165) is 19.3 Å². The molecule has 0 rings (SSSR count). The lowest BCUT2D eigenvalue weighted by Gasteiger charge is -2.27. The molecule has 120 valence electrons. The fraction of sp³-hybridized carbons (Fsp3) is 0.833. The molecule has 0 fully saturated rings. The first-order valence-electron chi connectivity index (χ1n) is 6.15. The Bertz CT molecular complexity index is 303. The van der Waals surface area contributed by atoms with Crippen molar-refractivity contribution in [3.63, 3.8) is 0 Å². The molecule has 0 aromatic rings. The lowest BCUT2D eigenvalue weighted by molar-refractivity contribution is -0.322. The summed E-state index contributed by atoms with van der Waals surface area (Å²) in [6.45, 7) is 1.98. The smallest absolute Gasteiger partial charge is 0.219 e. The quantitative estimate of drug-likeness (QED) is 0.251. The van der Waals surface area contributed by atoms with Gasteiger partial charge < -0.3 is 0 Å². The number of hydrogen-bond donors (Lipinski definition) is 0. The van der Waals surface area contributed by atoms with Crippen molar-refractivity contribution < 1.29 is 30.7 Å². The summed E-state index contributed by atoms with van der Waals surface area (Å²) in [5.41, 5.74) is -5.28. The van der Waals surface area contributed by atoms with Crippen LogP contribution in [0.25, 0.3) is 0 Å². The van der Waals surface area contributed by atoms with Crippen molar-refractivity contribution in [2.45, 2.75) is 63.5 Å². The molecule has 0 saturated carbocycles. The molecular weight excluding hydrogens is 404 g/mol. The van der Waals surface area contributed by atoms with Crippen molar-refractivity contribution in [1.29, 1.82) is 0 Å². The molecule has 0 amide bonds. The fourth-order valence-electron chi connectivity index (χ4n) is 1.51. The van der Waals surface area contributed by atoms with Crippen LogP contribution in [0.1, 0.15) is 45.4 Å². The molecule has 0 nitrogen and oxygen atoms in total. The first kappa shape index (κ1) is 20.0. The minimum absolute atomic E-state index is 0.0160. The highest BCUT2D eigenvalue weighted by Crippen LogP contribution is 2.48. The average Bonchev–Trinajstić information content (AvgIpc) is 2.25. The van der Waals surface area contributed by atoms with Gasteiger partial charge in [-0.25, -0.2) is 4.39 Å². The van der Waals surface area contributed by atoms with E-state index in [0.29, 0.717) is 12.8 Å². The predicted molar refractivity (Wildman–Crippen MR) is 71.4 cm³/mol. The monoisotopic (exact) mass is 420 g/mol. The molecular formula is C12H16F7I. The summed E-state index contributed by atoms with van der Waals surface area (Å²) in [5.74, 6) is 0. The second-order valence-electron chi connectivity index (χ2n) is 4.46. The van der Waals surface area contributed by atoms with Crippen LogP contribution in [0.3, 0.4) is 0 Å². The topological polar surface area (TPSA) is 0 Å². The molecule has 0 aliphatic heterocycles. The van der Waals surface area contributed by atoms with E-state index in [9.17, 15) is 30.7 Å². The summed E-state index contributed by atoms with van der Waals surface area (Å²) in [4.78, 5) is 0. The molecule has 8 heteroatoms. The first-order chi connectivity index (χ1) is 8.95. The second kappa shape index (κ2) is 7.84. The molecule has 0 atom stereocenters. The Morgan fingerprint density at radius 1 is 0.850 bits per heavy atom. The highest BCUT2D eigenvalue weighted by molar-refractivity contribution is 14.1. The van der Waals surface area contributed by atoms with Crippen molar-refractivity contribution in [2.24, 2.45) is 0 Å². The Balaban J connectivity index is 4.77. The molecule has 0 bridgehead atoms.